The van der Waals surface area contributed by atoms with Crippen molar-refractivity contribution in [3.8, 4) is 0 Å². The van der Waals surface area contributed by atoms with E-state index in [0.717, 1.165) is 0 Å². The summed E-state index contributed by atoms with van der Waals surface area (Å²) >= 11 is 5.69. The maximum atomic E-state index is 6.02. The predicted octanol–water partition coefficient (Wildman–Crippen LogP) is 4.02. The molecule has 1 rings (SSSR count). The molecule has 1 heterocycles. The van der Waals surface area contributed by atoms with Crippen LogP contribution >= 0.6 is 11.6 Å². The fourth-order valence-electron chi connectivity index (χ4n) is 1.80. The largest absolute Gasteiger partial charge is 0.465 e. The zero-order valence-electron chi connectivity index (χ0n) is 11.4. The van der Waals surface area contributed by atoms with Gasteiger partial charge in [0.15, 0.2) is 0 Å². The first-order valence-electron chi connectivity index (χ1n) is 6.00. The van der Waals surface area contributed by atoms with Gasteiger partial charge in [-0.05, 0) is 33.6 Å². The molecule has 4 heteroatoms. The monoisotopic (exact) mass is 256 g/mol. The summed E-state index contributed by atoms with van der Waals surface area (Å²) in [5, 5.41) is 0. The van der Waals surface area contributed by atoms with Crippen molar-refractivity contribution < 1.29 is 9.31 Å². The van der Waals surface area contributed by atoms with E-state index in [4.69, 9.17) is 20.9 Å². The van der Waals surface area contributed by atoms with E-state index in [2.05, 4.69) is 13.5 Å². The van der Waals surface area contributed by atoms with Crippen LogP contribution in [0.1, 0.15) is 34.6 Å². The highest BCUT2D eigenvalue weighted by Gasteiger charge is 2.53. The Bertz CT molecular complexity index is 297. The Morgan fingerprint density at radius 3 is 2.00 bits per heavy atom. The molecule has 0 aromatic heterocycles. The second kappa shape index (κ2) is 5.17. The molecule has 2 unspecified atom stereocenters. The number of allylic oxidation sites excluding steroid dienone is 2. The highest BCUT2D eigenvalue weighted by Crippen LogP contribution is 2.42. The Kier molecular flexibility index (Phi) is 4.51. The summed E-state index contributed by atoms with van der Waals surface area (Å²) in [5.41, 5.74) is 0.906. The molecule has 1 aliphatic heterocycles. The molecule has 2 nitrogen and oxygen atoms in total. The third-order valence-electron chi connectivity index (χ3n) is 3.86. The van der Waals surface area contributed by atoms with Gasteiger partial charge in [-0.3, -0.25) is 0 Å². The van der Waals surface area contributed by atoms with Crippen molar-refractivity contribution in [2.75, 3.05) is 0 Å². The van der Waals surface area contributed by atoms with Crippen molar-refractivity contribution in [2.24, 2.45) is 5.92 Å². The summed E-state index contributed by atoms with van der Waals surface area (Å²) in [6.45, 7) is 14.1. The average Bonchev–Trinajstić information content (AvgIpc) is 2.43. The molecule has 1 aliphatic rings. The fourth-order valence-corrected chi connectivity index (χ4v) is 1.97. The van der Waals surface area contributed by atoms with E-state index >= 15 is 0 Å². The van der Waals surface area contributed by atoms with Crippen LogP contribution in [0.5, 0.6) is 0 Å². The quantitative estimate of drug-likeness (QED) is 0.559. The van der Waals surface area contributed by atoms with Gasteiger partial charge in [-0.2, -0.15) is 0 Å². The lowest BCUT2D eigenvalue weighted by Gasteiger charge is -2.32. The predicted molar refractivity (Wildman–Crippen MR) is 74.2 cm³/mol. The van der Waals surface area contributed by atoms with Crippen LogP contribution in [0.2, 0.25) is 5.82 Å². The molecular formula is C13H22BClO2. The van der Waals surface area contributed by atoms with Gasteiger partial charge in [0, 0.05) is 11.4 Å². The minimum atomic E-state index is -0.309. The van der Waals surface area contributed by atoms with Crippen molar-refractivity contribution in [3.05, 3.63) is 24.3 Å². The minimum Gasteiger partial charge on any atom is -0.403 e. The van der Waals surface area contributed by atoms with Crippen molar-refractivity contribution >= 4 is 18.7 Å². The molecule has 0 aromatic carbocycles. The van der Waals surface area contributed by atoms with Gasteiger partial charge in [0.2, 0.25) is 0 Å². The first-order chi connectivity index (χ1) is 7.75. The van der Waals surface area contributed by atoms with Crippen LogP contribution in [-0.2, 0) is 9.31 Å². The molecule has 0 bridgehead atoms. The second-order valence-electron chi connectivity index (χ2n) is 5.62. The first-order valence-corrected chi connectivity index (χ1v) is 6.44. The topological polar surface area (TPSA) is 18.5 Å². The van der Waals surface area contributed by atoms with Crippen molar-refractivity contribution in [1.29, 1.82) is 0 Å². The van der Waals surface area contributed by atoms with Gasteiger partial charge < -0.3 is 9.31 Å². The van der Waals surface area contributed by atoms with E-state index in [9.17, 15) is 0 Å². The molecular weight excluding hydrogens is 234 g/mol. The molecule has 2 atom stereocenters. The zero-order valence-corrected chi connectivity index (χ0v) is 12.1. The minimum absolute atomic E-state index is 0.0889. The van der Waals surface area contributed by atoms with Crippen LogP contribution in [0.15, 0.2) is 24.3 Å². The van der Waals surface area contributed by atoms with Crippen molar-refractivity contribution in [1.82, 2.24) is 0 Å². The molecule has 0 spiro atoms. The maximum Gasteiger partial charge on any atom is 0.465 e. The van der Waals surface area contributed by atoms with Crippen LogP contribution in [0.4, 0.5) is 0 Å². The molecule has 17 heavy (non-hydrogen) atoms. The van der Waals surface area contributed by atoms with Crippen molar-refractivity contribution in [2.45, 2.75) is 51.6 Å². The van der Waals surface area contributed by atoms with Gasteiger partial charge >= 0.3 is 7.12 Å². The summed E-state index contributed by atoms with van der Waals surface area (Å²) in [7, 11) is -0.275. The van der Waals surface area contributed by atoms with Gasteiger partial charge in [0.25, 0.3) is 0 Å². The lowest BCUT2D eigenvalue weighted by atomic mass is 9.65. The number of halogens is 1. The molecule has 0 aliphatic carbocycles. The van der Waals surface area contributed by atoms with E-state index in [-0.39, 0.29) is 30.1 Å². The molecule has 0 radical (unpaired) electrons. The number of hydrogen-bond acceptors (Lipinski definition) is 2. The van der Waals surface area contributed by atoms with E-state index < -0.39 is 0 Å². The van der Waals surface area contributed by atoms with E-state index in [1.54, 1.807) is 0 Å². The maximum absolute atomic E-state index is 6.02. The molecule has 0 aromatic rings. The summed E-state index contributed by atoms with van der Waals surface area (Å²) in [5.74, 6) is 0.339. The van der Waals surface area contributed by atoms with Gasteiger partial charge in [-0.15, -0.1) is 6.58 Å². The lowest BCUT2D eigenvalue weighted by Crippen LogP contribution is -2.41. The van der Waals surface area contributed by atoms with Crippen molar-refractivity contribution in [3.63, 3.8) is 0 Å². The Morgan fingerprint density at radius 2 is 1.65 bits per heavy atom. The van der Waals surface area contributed by atoms with Gasteiger partial charge in [0.05, 0.1) is 11.2 Å². The van der Waals surface area contributed by atoms with E-state index in [1.807, 2.05) is 39.8 Å². The first kappa shape index (κ1) is 14.8. The van der Waals surface area contributed by atoms with E-state index in [1.165, 1.54) is 5.54 Å². The highest BCUT2D eigenvalue weighted by molar-refractivity contribution is 6.48. The Labute approximate surface area is 110 Å². The van der Waals surface area contributed by atoms with Crippen LogP contribution < -0.4 is 0 Å². The van der Waals surface area contributed by atoms with E-state index in [0.29, 0.717) is 0 Å². The summed E-state index contributed by atoms with van der Waals surface area (Å²) in [6, 6.07) is 0. The molecule has 96 valence electrons. The van der Waals surface area contributed by atoms with Crippen LogP contribution in [0.3, 0.4) is 0 Å². The molecule has 1 saturated heterocycles. The summed E-state index contributed by atoms with van der Waals surface area (Å²) in [6.07, 6.45) is 3.81. The lowest BCUT2D eigenvalue weighted by molar-refractivity contribution is 0.00578. The summed E-state index contributed by atoms with van der Waals surface area (Å²) < 4.78 is 12.0. The zero-order chi connectivity index (χ0) is 13.3. The normalized spacial score (nSPS) is 26.1. The average molecular weight is 257 g/mol. The number of hydrogen-bond donors (Lipinski definition) is 0. The fraction of sp³-hybridized carbons (Fsp3) is 0.692. The van der Waals surface area contributed by atoms with Gasteiger partial charge in [-0.1, -0.05) is 30.7 Å². The standard InChI is InChI=1S/C13H22BClO2/c1-7-10(2)11(8-9-15)14-16-12(3,4)13(5,6)17-14/h7-11H,1H2,2-6H3/b9-8+. The highest BCUT2D eigenvalue weighted by atomic mass is 35.5. The van der Waals surface area contributed by atoms with Crippen LogP contribution in [0.25, 0.3) is 0 Å². The molecule has 0 amide bonds. The van der Waals surface area contributed by atoms with Gasteiger partial charge in [0.1, 0.15) is 0 Å². The molecule has 0 saturated carbocycles. The Balaban J connectivity index is 2.90. The molecule has 1 fully saturated rings. The Morgan fingerprint density at radius 1 is 1.18 bits per heavy atom. The second-order valence-corrected chi connectivity index (χ2v) is 5.87. The van der Waals surface area contributed by atoms with Crippen LogP contribution in [0, 0.1) is 5.92 Å². The third kappa shape index (κ3) is 2.96. The SMILES string of the molecule is C=CC(C)C(/C=C/Cl)B1OC(C)(C)C(C)(C)O1. The van der Waals surface area contributed by atoms with Gasteiger partial charge in [-0.25, -0.2) is 0 Å². The third-order valence-corrected chi connectivity index (χ3v) is 4.01. The Hall–Kier alpha value is -0.245. The van der Waals surface area contributed by atoms with Crippen LogP contribution in [-0.4, -0.2) is 18.3 Å². The smallest absolute Gasteiger partial charge is 0.403 e. The molecule has 0 N–H and O–H groups in total. The number of rotatable bonds is 4. The summed E-state index contributed by atoms with van der Waals surface area (Å²) in [4.78, 5) is 0.